The van der Waals surface area contributed by atoms with E-state index in [4.69, 9.17) is 5.11 Å². The molecule has 2 aromatic heterocycles. The van der Waals surface area contributed by atoms with Crippen LogP contribution in [0.3, 0.4) is 0 Å². The second-order valence-corrected chi connectivity index (χ2v) is 5.46. The Morgan fingerprint density at radius 2 is 2.28 bits per heavy atom. The van der Waals surface area contributed by atoms with Crippen molar-refractivity contribution in [2.75, 3.05) is 5.32 Å². The number of anilines is 1. The second-order valence-electron chi connectivity index (χ2n) is 3.43. The zero-order valence-corrected chi connectivity index (χ0v) is 11.1. The van der Waals surface area contributed by atoms with Gasteiger partial charge >= 0.3 is 5.97 Å². The molecule has 94 valence electrons. The summed E-state index contributed by atoms with van der Waals surface area (Å²) in [6.07, 6.45) is 2.19. The molecule has 7 heteroatoms. The highest BCUT2D eigenvalue weighted by Crippen LogP contribution is 2.29. The SMILES string of the molecule is CCc1cc(C(=O)O)c(NC(=O)c2cncs2)s1. The summed E-state index contributed by atoms with van der Waals surface area (Å²) >= 11 is 2.50. The molecule has 0 bridgehead atoms. The third-order valence-electron chi connectivity index (χ3n) is 2.25. The Morgan fingerprint density at radius 1 is 1.50 bits per heavy atom. The van der Waals surface area contributed by atoms with Gasteiger partial charge in [0.2, 0.25) is 0 Å². The molecule has 0 aliphatic carbocycles. The van der Waals surface area contributed by atoms with Crippen LogP contribution in [0.5, 0.6) is 0 Å². The molecule has 1 amide bonds. The molecule has 0 aliphatic heterocycles. The number of nitrogens with one attached hydrogen (secondary N) is 1. The molecule has 0 unspecified atom stereocenters. The number of carbonyl (C=O) groups excluding carboxylic acids is 1. The highest BCUT2D eigenvalue weighted by molar-refractivity contribution is 7.17. The lowest BCUT2D eigenvalue weighted by Crippen LogP contribution is -2.11. The maximum absolute atomic E-state index is 11.8. The first kappa shape index (κ1) is 12.7. The van der Waals surface area contributed by atoms with E-state index >= 15 is 0 Å². The minimum absolute atomic E-state index is 0.134. The van der Waals surface area contributed by atoms with E-state index in [9.17, 15) is 9.59 Å². The first-order valence-electron chi connectivity index (χ1n) is 5.17. The van der Waals surface area contributed by atoms with E-state index < -0.39 is 5.97 Å². The molecular weight excluding hydrogens is 272 g/mol. The van der Waals surface area contributed by atoms with Gasteiger partial charge in [0, 0.05) is 4.88 Å². The minimum atomic E-state index is -1.04. The topological polar surface area (TPSA) is 79.3 Å². The molecule has 5 nitrogen and oxygen atoms in total. The lowest BCUT2D eigenvalue weighted by Gasteiger charge is -2.01. The number of aromatic carboxylic acids is 1. The third-order valence-corrected chi connectivity index (χ3v) is 4.21. The summed E-state index contributed by atoms with van der Waals surface area (Å²) in [6, 6.07) is 1.59. The summed E-state index contributed by atoms with van der Waals surface area (Å²) in [4.78, 5) is 28.1. The van der Waals surface area contributed by atoms with Crippen LogP contribution in [0.4, 0.5) is 5.00 Å². The molecule has 0 spiro atoms. The van der Waals surface area contributed by atoms with Crippen LogP contribution in [0.15, 0.2) is 17.8 Å². The molecule has 0 atom stereocenters. The van der Waals surface area contributed by atoms with Crippen LogP contribution in [0.25, 0.3) is 0 Å². The van der Waals surface area contributed by atoms with Crippen molar-refractivity contribution in [2.45, 2.75) is 13.3 Å². The molecule has 0 fully saturated rings. The van der Waals surface area contributed by atoms with Gasteiger partial charge in [-0.25, -0.2) is 4.79 Å². The summed E-state index contributed by atoms with van der Waals surface area (Å²) in [6.45, 7) is 1.94. The van der Waals surface area contributed by atoms with Crippen LogP contribution in [0.1, 0.15) is 31.8 Å². The van der Waals surface area contributed by atoms with Gasteiger partial charge in [0.25, 0.3) is 5.91 Å². The fourth-order valence-electron chi connectivity index (χ4n) is 1.36. The number of thiophene rings is 1. The van der Waals surface area contributed by atoms with Crippen LogP contribution in [-0.4, -0.2) is 22.0 Å². The summed E-state index contributed by atoms with van der Waals surface area (Å²) in [7, 11) is 0. The zero-order valence-electron chi connectivity index (χ0n) is 9.47. The Morgan fingerprint density at radius 3 is 2.83 bits per heavy atom. The van der Waals surface area contributed by atoms with Gasteiger partial charge in [-0.15, -0.1) is 22.7 Å². The van der Waals surface area contributed by atoms with E-state index in [1.807, 2.05) is 6.92 Å². The van der Waals surface area contributed by atoms with Crippen LogP contribution < -0.4 is 5.32 Å². The maximum atomic E-state index is 11.8. The molecule has 0 saturated heterocycles. The van der Waals surface area contributed by atoms with Crippen LogP contribution in [0, 0.1) is 0 Å². The third kappa shape index (κ3) is 2.57. The Kier molecular flexibility index (Phi) is 3.73. The fraction of sp³-hybridized carbons (Fsp3) is 0.182. The molecule has 2 rings (SSSR count). The predicted molar refractivity (Wildman–Crippen MR) is 70.7 cm³/mol. The molecule has 0 aliphatic rings. The van der Waals surface area contributed by atoms with Crippen molar-refractivity contribution in [3.05, 3.63) is 33.1 Å². The average Bonchev–Trinajstić information content (AvgIpc) is 2.97. The van der Waals surface area contributed by atoms with Crippen molar-refractivity contribution in [1.82, 2.24) is 4.98 Å². The molecule has 0 saturated carbocycles. The van der Waals surface area contributed by atoms with E-state index in [-0.39, 0.29) is 11.5 Å². The van der Waals surface area contributed by atoms with Crippen LogP contribution in [-0.2, 0) is 6.42 Å². The Hall–Kier alpha value is -1.73. The molecule has 2 heterocycles. The Bertz CT molecular complexity index is 575. The van der Waals surface area contributed by atoms with Gasteiger partial charge in [-0.05, 0) is 12.5 Å². The predicted octanol–water partition coefficient (Wildman–Crippen LogP) is 2.72. The van der Waals surface area contributed by atoms with E-state index in [2.05, 4.69) is 10.3 Å². The van der Waals surface area contributed by atoms with Crippen molar-refractivity contribution in [1.29, 1.82) is 0 Å². The number of rotatable bonds is 4. The summed E-state index contributed by atoms with van der Waals surface area (Å²) in [5.74, 6) is -1.37. The fourth-order valence-corrected chi connectivity index (χ4v) is 2.86. The van der Waals surface area contributed by atoms with E-state index in [1.165, 1.54) is 28.9 Å². The smallest absolute Gasteiger partial charge is 0.338 e. The maximum Gasteiger partial charge on any atom is 0.338 e. The number of amides is 1. The number of carboxylic acid groups (broad SMARTS) is 1. The van der Waals surface area contributed by atoms with Crippen LogP contribution >= 0.6 is 22.7 Å². The number of thiazole rings is 1. The Balaban J connectivity index is 2.25. The van der Waals surface area contributed by atoms with Crippen molar-refractivity contribution < 1.29 is 14.7 Å². The lowest BCUT2D eigenvalue weighted by molar-refractivity contribution is 0.0698. The summed E-state index contributed by atoms with van der Waals surface area (Å²) < 4.78 is 0. The van der Waals surface area contributed by atoms with Gasteiger partial charge in [0.15, 0.2) is 0 Å². The van der Waals surface area contributed by atoms with E-state index in [0.29, 0.717) is 9.88 Å². The normalized spacial score (nSPS) is 10.3. The second kappa shape index (κ2) is 5.28. The number of hydrogen-bond acceptors (Lipinski definition) is 5. The van der Waals surface area contributed by atoms with E-state index in [0.717, 1.165) is 11.3 Å². The number of carboxylic acids is 1. The number of aromatic nitrogens is 1. The molecule has 0 aromatic carbocycles. The van der Waals surface area contributed by atoms with Crippen molar-refractivity contribution >= 4 is 39.6 Å². The van der Waals surface area contributed by atoms with Gasteiger partial charge in [0.1, 0.15) is 9.88 Å². The molecule has 18 heavy (non-hydrogen) atoms. The molecule has 0 radical (unpaired) electrons. The van der Waals surface area contributed by atoms with Crippen molar-refractivity contribution in [3.63, 3.8) is 0 Å². The number of nitrogens with zero attached hydrogens (tertiary/aromatic N) is 1. The molecule has 2 N–H and O–H groups in total. The van der Waals surface area contributed by atoms with E-state index in [1.54, 1.807) is 11.6 Å². The van der Waals surface area contributed by atoms with Gasteiger partial charge in [0.05, 0.1) is 17.3 Å². The highest BCUT2D eigenvalue weighted by Gasteiger charge is 2.17. The minimum Gasteiger partial charge on any atom is -0.478 e. The number of carbonyl (C=O) groups is 2. The largest absolute Gasteiger partial charge is 0.478 e. The zero-order chi connectivity index (χ0) is 13.1. The van der Waals surface area contributed by atoms with Crippen molar-refractivity contribution in [2.24, 2.45) is 0 Å². The highest BCUT2D eigenvalue weighted by atomic mass is 32.1. The summed E-state index contributed by atoms with van der Waals surface area (Å²) in [5, 5.41) is 12.1. The van der Waals surface area contributed by atoms with Crippen LogP contribution in [0.2, 0.25) is 0 Å². The first-order chi connectivity index (χ1) is 8.61. The van der Waals surface area contributed by atoms with Gasteiger partial charge in [-0.1, -0.05) is 6.92 Å². The standard InChI is InChI=1S/C11H10N2O3S2/c1-2-6-3-7(11(15)16)10(18-6)13-9(14)8-4-12-5-17-8/h3-5H,2H2,1H3,(H,13,14)(H,15,16). The Labute approximate surface area is 111 Å². The quantitative estimate of drug-likeness (QED) is 0.903. The monoisotopic (exact) mass is 282 g/mol. The molecule has 2 aromatic rings. The van der Waals surface area contributed by atoms with Crippen molar-refractivity contribution in [3.8, 4) is 0 Å². The first-order valence-corrected chi connectivity index (χ1v) is 6.87. The number of hydrogen-bond donors (Lipinski definition) is 2. The van der Waals surface area contributed by atoms with Gasteiger partial charge in [-0.2, -0.15) is 0 Å². The summed E-state index contributed by atoms with van der Waals surface area (Å²) in [5.41, 5.74) is 1.69. The number of aryl methyl sites for hydroxylation is 1. The molecular formula is C11H10N2O3S2. The van der Waals surface area contributed by atoms with Gasteiger partial charge < -0.3 is 10.4 Å². The average molecular weight is 282 g/mol. The lowest BCUT2D eigenvalue weighted by atomic mass is 10.2. The van der Waals surface area contributed by atoms with Gasteiger partial charge in [-0.3, -0.25) is 9.78 Å².